The van der Waals surface area contributed by atoms with Crippen LogP contribution >= 0.6 is 0 Å². The van der Waals surface area contributed by atoms with Crippen LogP contribution in [-0.2, 0) is 0 Å². The molecule has 0 aliphatic heterocycles. The van der Waals surface area contributed by atoms with E-state index in [4.69, 9.17) is 15.0 Å². The molecule has 0 radical (unpaired) electrons. The molecule has 0 unspecified atom stereocenters. The van der Waals surface area contributed by atoms with Crippen molar-refractivity contribution in [2.75, 3.05) is 0 Å². The third-order valence-electron chi connectivity index (χ3n) is 9.61. The minimum absolute atomic E-state index is 0.613. The summed E-state index contributed by atoms with van der Waals surface area (Å²) in [5.74, 6) is 1.87. The van der Waals surface area contributed by atoms with Crippen LogP contribution in [0.4, 0.5) is 0 Å². The monoisotopic (exact) mass is 666 g/mol. The first-order valence-corrected chi connectivity index (χ1v) is 17.6. The Hall–Kier alpha value is -6.78. The normalized spacial score (nSPS) is 11.3. The zero-order valence-corrected chi connectivity index (χ0v) is 29.0. The first kappa shape index (κ1) is 31.2. The van der Waals surface area contributed by atoms with Gasteiger partial charge in [0.1, 0.15) is 0 Å². The van der Waals surface area contributed by atoms with E-state index in [-0.39, 0.29) is 0 Å². The van der Waals surface area contributed by atoms with E-state index in [9.17, 15) is 0 Å². The lowest BCUT2D eigenvalue weighted by Gasteiger charge is -2.16. The number of aromatic nitrogens is 4. The molecule has 0 spiro atoms. The molecule has 52 heavy (non-hydrogen) atoms. The number of hydrogen-bond donors (Lipinski definition) is 0. The molecule has 2 aromatic heterocycles. The standard InChI is InChI=1S/C48H34N4/c1-31-25-36(26-32(2)49-31)37-27-38(45-30-35-19-9-10-21-41(35)42-22-12-13-23-43(42)45)29-39(28-37)47-50-46(34-17-7-4-8-18-34)51-48(52-47)44-24-14-11-20-40(44)33-15-5-3-6-16-33/h3-30H,1-2H3. The van der Waals surface area contributed by atoms with Crippen molar-refractivity contribution in [3.05, 3.63) is 181 Å². The van der Waals surface area contributed by atoms with Crippen molar-refractivity contribution in [1.29, 1.82) is 0 Å². The number of benzene rings is 7. The third kappa shape index (κ3) is 5.91. The maximum Gasteiger partial charge on any atom is 0.164 e. The summed E-state index contributed by atoms with van der Waals surface area (Å²) in [6, 6.07) is 59.6. The molecule has 2 heterocycles. The molecule has 0 saturated carbocycles. The van der Waals surface area contributed by atoms with E-state index < -0.39 is 0 Å². The summed E-state index contributed by atoms with van der Waals surface area (Å²) in [7, 11) is 0. The van der Waals surface area contributed by atoms with Crippen LogP contribution in [0.2, 0.25) is 0 Å². The molecular formula is C48H34N4. The number of rotatable bonds is 6. The Morgan fingerprint density at radius 3 is 1.52 bits per heavy atom. The summed E-state index contributed by atoms with van der Waals surface area (Å²) >= 11 is 0. The molecule has 0 saturated heterocycles. The van der Waals surface area contributed by atoms with Gasteiger partial charge in [-0.3, -0.25) is 4.98 Å². The quantitative estimate of drug-likeness (QED) is 0.166. The molecule has 9 rings (SSSR count). The van der Waals surface area contributed by atoms with Gasteiger partial charge >= 0.3 is 0 Å². The fourth-order valence-electron chi connectivity index (χ4n) is 7.26. The van der Waals surface area contributed by atoms with Gasteiger partial charge in [0.05, 0.1) is 0 Å². The van der Waals surface area contributed by atoms with Crippen LogP contribution in [0.15, 0.2) is 170 Å². The van der Waals surface area contributed by atoms with E-state index in [0.29, 0.717) is 17.5 Å². The second-order valence-corrected chi connectivity index (χ2v) is 13.2. The second-order valence-electron chi connectivity index (χ2n) is 13.2. The Balaban J connectivity index is 1.33. The Bertz CT molecular complexity index is 2730. The van der Waals surface area contributed by atoms with Crippen molar-refractivity contribution < 1.29 is 0 Å². The first-order chi connectivity index (χ1) is 25.6. The van der Waals surface area contributed by atoms with E-state index in [2.05, 4.69) is 145 Å². The molecule has 7 aromatic carbocycles. The van der Waals surface area contributed by atoms with Gasteiger partial charge in [-0.25, -0.2) is 15.0 Å². The van der Waals surface area contributed by atoms with Gasteiger partial charge in [0.15, 0.2) is 17.5 Å². The van der Waals surface area contributed by atoms with Gasteiger partial charge in [-0.1, -0.05) is 133 Å². The first-order valence-electron chi connectivity index (χ1n) is 17.6. The van der Waals surface area contributed by atoms with Crippen LogP contribution in [-0.4, -0.2) is 19.9 Å². The average molecular weight is 667 g/mol. The maximum absolute atomic E-state index is 5.27. The van der Waals surface area contributed by atoms with Gasteiger partial charge in [0.2, 0.25) is 0 Å². The molecule has 0 amide bonds. The van der Waals surface area contributed by atoms with Gasteiger partial charge in [-0.15, -0.1) is 0 Å². The highest BCUT2D eigenvalue weighted by atomic mass is 15.0. The lowest BCUT2D eigenvalue weighted by atomic mass is 9.90. The van der Waals surface area contributed by atoms with Crippen molar-refractivity contribution in [2.24, 2.45) is 0 Å². The molecule has 4 nitrogen and oxygen atoms in total. The molecule has 0 bridgehead atoms. The number of fused-ring (bicyclic) bond motifs is 3. The van der Waals surface area contributed by atoms with Crippen LogP contribution in [0.3, 0.4) is 0 Å². The maximum atomic E-state index is 5.27. The molecule has 0 N–H and O–H groups in total. The van der Waals surface area contributed by atoms with Crippen LogP contribution in [0.1, 0.15) is 11.4 Å². The number of pyridine rings is 1. The van der Waals surface area contributed by atoms with Crippen LogP contribution in [0, 0.1) is 13.8 Å². The van der Waals surface area contributed by atoms with Crippen molar-refractivity contribution in [2.45, 2.75) is 13.8 Å². The summed E-state index contributed by atoms with van der Waals surface area (Å²) in [6.45, 7) is 4.10. The Kier molecular flexibility index (Phi) is 7.90. The zero-order valence-electron chi connectivity index (χ0n) is 29.0. The van der Waals surface area contributed by atoms with E-state index in [0.717, 1.165) is 61.5 Å². The fraction of sp³-hybridized carbons (Fsp3) is 0.0417. The highest BCUT2D eigenvalue weighted by Gasteiger charge is 2.18. The average Bonchev–Trinajstić information content (AvgIpc) is 3.20. The molecule has 0 atom stereocenters. The van der Waals surface area contributed by atoms with E-state index >= 15 is 0 Å². The highest BCUT2D eigenvalue weighted by molar-refractivity contribution is 6.14. The summed E-state index contributed by atoms with van der Waals surface area (Å²) in [6.07, 6.45) is 0. The van der Waals surface area contributed by atoms with E-state index in [1.54, 1.807) is 0 Å². The topological polar surface area (TPSA) is 51.6 Å². The van der Waals surface area contributed by atoms with E-state index in [1.807, 2.05) is 44.2 Å². The summed E-state index contributed by atoms with van der Waals surface area (Å²) in [4.78, 5) is 20.3. The van der Waals surface area contributed by atoms with Gasteiger partial charge in [0.25, 0.3) is 0 Å². The molecule has 246 valence electrons. The largest absolute Gasteiger partial charge is 0.258 e. The Morgan fingerprint density at radius 1 is 0.288 bits per heavy atom. The molecule has 0 aliphatic rings. The van der Waals surface area contributed by atoms with Gasteiger partial charge in [-0.2, -0.15) is 0 Å². The van der Waals surface area contributed by atoms with Crippen molar-refractivity contribution in [3.63, 3.8) is 0 Å². The van der Waals surface area contributed by atoms with Gasteiger partial charge in [-0.05, 0) is 105 Å². The van der Waals surface area contributed by atoms with E-state index in [1.165, 1.54) is 21.5 Å². The van der Waals surface area contributed by atoms with Crippen LogP contribution in [0.25, 0.3) is 89.1 Å². The minimum Gasteiger partial charge on any atom is -0.258 e. The summed E-state index contributed by atoms with van der Waals surface area (Å²) < 4.78 is 0. The molecule has 0 aliphatic carbocycles. The summed E-state index contributed by atoms with van der Waals surface area (Å²) in [5, 5.41) is 4.87. The summed E-state index contributed by atoms with van der Waals surface area (Å²) in [5.41, 5.74) is 11.4. The minimum atomic E-state index is 0.613. The Morgan fingerprint density at radius 2 is 0.788 bits per heavy atom. The molecular weight excluding hydrogens is 633 g/mol. The second kappa shape index (κ2) is 13.2. The molecule has 9 aromatic rings. The van der Waals surface area contributed by atoms with Crippen molar-refractivity contribution in [1.82, 2.24) is 19.9 Å². The van der Waals surface area contributed by atoms with Crippen molar-refractivity contribution in [3.8, 4) is 67.5 Å². The lowest BCUT2D eigenvalue weighted by Crippen LogP contribution is -2.01. The highest BCUT2D eigenvalue weighted by Crippen LogP contribution is 2.39. The third-order valence-corrected chi connectivity index (χ3v) is 9.61. The van der Waals surface area contributed by atoms with Gasteiger partial charge < -0.3 is 0 Å². The smallest absolute Gasteiger partial charge is 0.164 e. The number of hydrogen-bond acceptors (Lipinski definition) is 4. The fourth-order valence-corrected chi connectivity index (χ4v) is 7.26. The SMILES string of the molecule is Cc1cc(-c2cc(-c3nc(-c4ccccc4)nc(-c4ccccc4-c4ccccc4)n3)cc(-c3cc4ccccc4c4ccccc34)c2)cc(C)n1. The molecule has 0 fully saturated rings. The lowest BCUT2D eigenvalue weighted by molar-refractivity contribution is 1.07. The van der Waals surface area contributed by atoms with Crippen LogP contribution < -0.4 is 0 Å². The predicted octanol–water partition coefficient (Wildman–Crippen LogP) is 12.2. The van der Waals surface area contributed by atoms with Crippen LogP contribution in [0.5, 0.6) is 0 Å². The van der Waals surface area contributed by atoms with Crippen molar-refractivity contribution >= 4 is 21.5 Å². The zero-order chi connectivity index (χ0) is 35.0. The molecule has 4 heteroatoms. The Labute approximate surface area is 303 Å². The number of nitrogens with zero attached hydrogens (tertiary/aromatic N) is 4. The predicted molar refractivity (Wildman–Crippen MR) is 215 cm³/mol. The van der Waals surface area contributed by atoms with Gasteiger partial charge in [0, 0.05) is 28.1 Å². The number of aryl methyl sites for hydroxylation is 2.